The summed E-state index contributed by atoms with van der Waals surface area (Å²) in [4.78, 5) is 27.8. The lowest BCUT2D eigenvalue weighted by atomic mass is 9.93. The molecule has 0 radical (unpaired) electrons. The summed E-state index contributed by atoms with van der Waals surface area (Å²) in [6.45, 7) is 1.85. The Morgan fingerprint density at radius 3 is 2.53 bits per heavy atom. The summed E-state index contributed by atoms with van der Waals surface area (Å²) in [5.74, 6) is -0.344. The van der Waals surface area contributed by atoms with E-state index in [2.05, 4.69) is 4.98 Å². The fourth-order valence-corrected chi connectivity index (χ4v) is 2.17. The predicted octanol–water partition coefficient (Wildman–Crippen LogP) is 2.48. The van der Waals surface area contributed by atoms with Crippen LogP contribution in [0.1, 0.15) is 26.4 Å². The molecule has 0 atom stereocenters. The van der Waals surface area contributed by atoms with Gasteiger partial charge in [0, 0.05) is 5.39 Å². The third kappa shape index (κ3) is 1.32. The summed E-state index contributed by atoms with van der Waals surface area (Å²) in [5, 5.41) is 0.919. The lowest BCUT2D eigenvalue weighted by Gasteiger charge is -2.13. The van der Waals surface area contributed by atoms with Crippen LogP contribution >= 0.6 is 0 Å². The topological polar surface area (TPSA) is 47.0 Å². The van der Waals surface area contributed by atoms with Crippen LogP contribution in [0.4, 0.5) is 0 Å². The molecule has 0 saturated carbocycles. The summed E-state index contributed by atoms with van der Waals surface area (Å²) < 4.78 is 0. The van der Waals surface area contributed by atoms with Crippen LogP contribution < -0.4 is 0 Å². The highest BCUT2D eigenvalue weighted by Crippen LogP contribution is 2.25. The van der Waals surface area contributed by atoms with Crippen LogP contribution in [-0.2, 0) is 0 Å². The van der Waals surface area contributed by atoms with Gasteiger partial charge in [-0.15, -0.1) is 0 Å². The number of hydrogen-bond acceptors (Lipinski definition) is 3. The molecule has 0 N–H and O–H groups in total. The molecule has 3 rings (SSSR count). The fraction of sp³-hybridized carbons (Fsp3) is 0.0714. The Morgan fingerprint density at radius 1 is 1.00 bits per heavy atom. The average Bonchev–Trinajstić information content (AvgIpc) is 2.34. The lowest BCUT2D eigenvalue weighted by molar-refractivity contribution is 0.0990. The molecule has 1 heterocycles. The van der Waals surface area contributed by atoms with Gasteiger partial charge in [0.2, 0.25) is 5.78 Å². The largest absolute Gasteiger partial charge is 0.289 e. The van der Waals surface area contributed by atoms with Gasteiger partial charge >= 0.3 is 0 Å². The van der Waals surface area contributed by atoms with Crippen molar-refractivity contribution in [3.63, 3.8) is 0 Å². The van der Waals surface area contributed by atoms with Crippen molar-refractivity contribution in [2.45, 2.75) is 6.92 Å². The van der Waals surface area contributed by atoms with E-state index in [-0.39, 0.29) is 17.3 Å². The van der Waals surface area contributed by atoms with Crippen LogP contribution in [0.25, 0.3) is 10.9 Å². The number of carbonyl (C=O) groups excluding carboxylic acids is 2. The summed E-state index contributed by atoms with van der Waals surface area (Å²) >= 11 is 0. The van der Waals surface area contributed by atoms with E-state index in [0.29, 0.717) is 5.56 Å². The minimum absolute atomic E-state index is 0.143. The Balaban J connectivity index is 2.48. The maximum Gasteiger partial charge on any atom is 0.205 e. The predicted molar refractivity (Wildman–Crippen MR) is 64.3 cm³/mol. The third-order valence-electron chi connectivity index (χ3n) is 3.02. The number of para-hydroxylation sites is 1. The first kappa shape index (κ1) is 9.90. The lowest BCUT2D eigenvalue weighted by Crippen LogP contribution is -2.15. The van der Waals surface area contributed by atoms with Gasteiger partial charge in [-0.3, -0.25) is 9.59 Å². The molecule has 1 aromatic heterocycles. The van der Waals surface area contributed by atoms with Gasteiger partial charge in [-0.1, -0.05) is 18.2 Å². The van der Waals surface area contributed by atoms with Crippen LogP contribution in [-0.4, -0.2) is 16.6 Å². The van der Waals surface area contributed by atoms with E-state index < -0.39 is 0 Å². The summed E-state index contributed by atoms with van der Waals surface area (Å²) in [6.07, 6.45) is 2.60. The van der Waals surface area contributed by atoms with Crippen molar-refractivity contribution in [3.8, 4) is 0 Å². The van der Waals surface area contributed by atoms with E-state index in [9.17, 15) is 9.59 Å². The minimum Gasteiger partial charge on any atom is -0.289 e. The second kappa shape index (κ2) is 3.35. The molecule has 82 valence electrons. The first-order valence-electron chi connectivity index (χ1n) is 5.34. The van der Waals surface area contributed by atoms with E-state index in [0.717, 1.165) is 16.5 Å². The highest BCUT2D eigenvalue weighted by molar-refractivity contribution is 6.23. The number of fused-ring (bicyclic) bond motifs is 2. The summed E-state index contributed by atoms with van der Waals surface area (Å²) in [7, 11) is 0. The number of hydrogen-bond donors (Lipinski definition) is 0. The van der Waals surface area contributed by atoms with Gasteiger partial charge in [0.1, 0.15) is 5.69 Å². The average molecular weight is 223 g/mol. The van der Waals surface area contributed by atoms with E-state index in [4.69, 9.17) is 0 Å². The van der Waals surface area contributed by atoms with Crippen molar-refractivity contribution >= 4 is 22.5 Å². The molecular weight excluding hydrogens is 214 g/mol. The molecule has 0 bridgehead atoms. The smallest absolute Gasteiger partial charge is 0.205 e. The molecule has 0 aliphatic heterocycles. The highest BCUT2D eigenvalue weighted by Gasteiger charge is 2.23. The van der Waals surface area contributed by atoms with Gasteiger partial charge in [0.25, 0.3) is 0 Å². The van der Waals surface area contributed by atoms with Gasteiger partial charge in [0.05, 0.1) is 11.1 Å². The van der Waals surface area contributed by atoms with Crippen LogP contribution in [0.2, 0.25) is 0 Å². The van der Waals surface area contributed by atoms with Crippen molar-refractivity contribution in [1.29, 1.82) is 0 Å². The zero-order chi connectivity index (χ0) is 12.0. The maximum absolute atomic E-state index is 11.8. The molecule has 2 aromatic rings. The van der Waals surface area contributed by atoms with E-state index in [1.54, 1.807) is 0 Å². The van der Waals surface area contributed by atoms with Crippen molar-refractivity contribution in [2.75, 3.05) is 0 Å². The Bertz CT molecular complexity index is 699. The number of carbonyl (C=O) groups is 2. The molecule has 3 heteroatoms. The molecule has 3 nitrogen and oxygen atoms in total. The number of aryl methyl sites for hydroxylation is 1. The van der Waals surface area contributed by atoms with Crippen molar-refractivity contribution in [1.82, 2.24) is 4.98 Å². The van der Waals surface area contributed by atoms with Crippen molar-refractivity contribution < 1.29 is 9.59 Å². The van der Waals surface area contributed by atoms with Crippen LogP contribution in [0.5, 0.6) is 0 Å². The number of pyridine rings is 1. The molecule has 17 heavy (non-hydrogen) atoms. The number of nitrogens with zero attached hydrogens (tertiary/aromatic N) is 1. The zero-order valence-electron chi connectivity index (χ0n) is 9.23. The minimum atomic E-state index is -0.201. The Kier molecular flexibility index (Phi) is 1.95. The fourth-order valence-electron chi connectivity index (χ4n) is 2.17. The SMILES string of the molecule is Cc1c2c(nc3ccccc13)C(=O)C=CC2=O. The monoisotopic (exact) mass is 223 g/mol. The zero-order valence-corrected chi connectivity index (χ0v) is 9.23. The van der Waals surface area contributed by atoms with Gasteiger partial charge < -0.3 is 0 Å². The van der Waals surface area contributed by atoms with Gasteiger partial charge in [-0.05, 0) is 30.7 Å². The summed E-state index contributed by atoms with van der Waals surface area (Å²) in [6, 6.07) is 7.52. The highest BCUT2D eigenvalue weighted by atomic mass is 16.1. The molecular formula is C14H9NO2. The molecule has 0 unspecified atom stereocenters. The number of benzene rings is 1. The van der Waals surface area contributed by atoms with Crippen molar-refractivity contribution in [2.24, 2.45) is 0 Å². The van der Waals surface area contributed by atoms with Crippen LogP contribution in [0.15, 0.2) is 36.4 Å². The summed E-state index contributed by atoms with van der Waals surface area (Å²) in [5.41, 5.74) is 2.29. The molecule has 1 aliphatic carbocycles. The molecule has 1 aromatic carbocycles. The van der Waals surface area contributed by atoms with E-state index >= 15 is 0 Å². The molecule has 0 amide bonds. The standard InChI is InChI=1S/C14H9NO2/c1-8-9-4-2-3-5-10(9)15-14-12(17)7-6-11(16)13(8)14/h2-7H,1H3. The first-order chi connectivity index (χ1) is 8.18. The number of allylic oxidation sites excluding steroid dienone is 2. The Hall–Kier alpha value is -2.29. The van der Waals surface area contributed by atoms with Gasteiger partial charge in [-0.25, -0.2) is 4.98 Å². The normalized spacial score (nSPS) is 14.2. The maximum atomic E-state index is 11.8. The Morgan fingerprint density at radius 2 is 1.71 bits per heavy atom. The molecule has 0 spiro atoms. The van der Waals surface area contributed by atoms with Crippen LogP contribution in [0.3, 0.4) is 0 Å². The molecule has 0 saturated heterocycles. The van der Waals surface area contributed by atoms with Gasteiger partial charge in [0.15, 0.2) is 5.78 Å². The second-order valence-corrected chi connectivity index (χ2v) is 4.04. The quantitative estimate of drug-likeness (QED) is 0.689. The molecule has 1 aliphatic rings. The number of aromatic nitrogens is 1. The second-order valence-electron chi connectivity index (χ2n) is 4.04. The van der Waals surface area contributed by atoms with Crippen molar-refractivity contribution in [3.05, 3.63) is 53.2 Å². The van der Waals surface area contributed by atoms with Gasteiger partial charge in [-0.2, -0.15) is 0 Å². The third-order valence-corrected chi connectivity index (χ3v) is 3.02. The first-order valence-corrected chi connectivity index (χ1v) is 5.34. The number of ketones is 2. The van der Waals surface area contributed by atoms with E-state index in [1.807, 2.05) is 31.2 Å². The van der Waals surface area contributed by atoms with E-state index in [1.165, 1.54) is 12.2 Å². The Labute approximate surface area is 97.8 Å². The van der Waals surface area contributed by atoms with Crippen LogP contribution in [0, 0.1) is 6.92 Å². The molecule has 0 fully saturated rings. The number of rotatable bonds is 0.